The van der Waals surface area contributed by atoms with Crippen LogP contribution in [0, 0.1) is 5.92 Å². The Bertz CT molecular complexity index is 833. The normalized spacial score (nSPS) is 13.0. The molecule has 3 amide bonds. The van der Waals surface area contributed by atoms with Crippen molar-refractivity contribution in [3.63, 3.8) is 0 Å². The van der Waals surface area contributed by atoms with Gasteiger partial charge in [0.15, 0.2) is 0 Å². The number of hydrogen-bond acceptors (Lipinski definition) is 7. The molecule has 1 aromatic carbocycles. The number of aromatic hydroxyl groups is 1. The average Bonchev–Trinajstić information content (AvgIpc) is 2.69. The molecule has 10 nitrogen and oxygen atoms in total. The lowest BCUT2D eigenvalue weighted by Crippen LogP contribution is -2.53. The lowest BCUT2D eigenvalue weighted by Gasteiger charge is -2.33. The average molecular weight is 452 g/mol. The third-order valence-corrected chi connectivity index (χ3v) is 4.45. The molecule has 0 radical (unpaired) electrons. The molecule has 0 bridgehead atoms. The Morgan fingerprint density at radius 3 is 2.22 bits per heavy atom. The van der Waals surface area contributed by atoms with Gasteiger partial charge in [0, 0.05) is 12.6 Å². The first-order chi connectivity index (χ1) is 14.8. The fraction of sp³-hybridized carbons (Fsp3) is 0.545. The number of para-hydroxylation sites is 1. The van der Waals surface area contributed by atoms with Crippen molar-refractivity contribution in [3.05, 3.63) is 29.8 Å². The molecule has 10 heteroatoms. The predicted octanol–water partition coefficient (Wildman–Crippen LogP) is 1.73. The minimum atomic E-state index is -1.27. The smallest absolute Gasteiger partial charge is 0.408 e. The van der Waals surface area contributed by atoms with Gasteiger partial charge in [0.05, 0.1) is 7.11 Å². The second-order valence-corrected chi connectivity index (χ2v) is 8.57. The van der Waals surface area contributed by atoms with Gasteiger partial charge in [-0.05, 0) is 32.8 Å². The standard InChI is InChI=1S/C22H33N3O7/c1-13(2)17(24-21(30)32-22(3,4)5)20(29)25(6)18(14-10-8-9-11-15(14)26)19(28)23-12-16(27)31-7/h8-11,13,17-18,26H,12H2,1-7H3,(H,23,28)(H,24,30). The van der Waals surface area contributed by atoms with E-state index in [0.717, 1.165) is 4.90 Å². The lowest BCUT2D eigenvalue weighted by atomic mass is 9.99. The third kappa shape index (κ3) is 7.75. The molecular formula is C22H33N3O7. The van der Waals surface area contributed by atoms with Gasteiger partial charge in [-0.15, -0.1) is 0 Å². The molecule has 0 aliphatic rings. The van der Waals surface area contributed by atoms with Gasteiger partial charge in [-0.25, -0.2) is 4.79 Å². The molecule has 3 N–H and O–H groups in total. The van der Waals surface area contributed by atoms with Crippen LogP contribution < -0.4 is 10.6 Å². The Morgan fingerprint density at radius 1 is 1.12 bits per heavy atom. The Morgan fingerprint density at radius 2 is 1.72 bits per heavy atom. The molecule has 0 aromatic heterocycles. The molecule has 0 aliphatic heterocycles. The number of amides is 3. The molecule has 0 saturated heterocycles. The van der Waals surface area contributed by atoms with Crippen LogP contribution in [0.3, 0.4) is 0 Å². The van der Waals surface area contributed by atoms with Crippen LogP contribution in [0.4, 0.5) is 4.79 Å². The Hall–Kier alpha value is -3.30. The van der Waals surface area contributed by atoms with Crippen LogP contribution >= 0.6 is 0 Å². The first-order valence-corrected chi connectivity index (χ1v) is 10.2. The molecule has 0 aliphatic carbocycles. The first kappa shape index (κ1) is 26.7. The van der Waals surface area contributed by atoms with E-state index in [1.165, 1.54) is 26.3 Å². The van der Waals surface area contributed by atoms with Crippen LogP contribution in [0.5, 0.6) is 5.75 Å². The van der Waals surface area contributed by atoms with E-state index in [2.05, 4.69) is 15.4 Å². The van der Waals surface area contributed by atoms with E-state index in [1.807, 2.05) is 0 Å². The van der Waals surface area contributed by atoms with E-state index in [1.54, 1.807) is 46.8 Å². The van der Waals surface area contributed by atoms with Gasteiger partial charge >= 0.3 is 12.1 Å². The third-order valence-electron chi connectivity index (χ3n) is 4.45. The number of ether oxygens (including phenoxy) is 2. The van der Waals surface area contributed by atoms with Crippen LogP contribution in [-0.2, 0) is 23.9 Å². The highest BCUT2D eigenvalue weighted by Crippen LogP contribution is 2.29. The molecule has 1 aromatic rings. The topological polar surface area (TPSA) is 134 Å². The van der Waals surface area contributed by atoms with Gasteiger partial charge in [-0.2, -0.15) is 0 Å². The van der Waals surface area contributed by atoms with E-state index in [0.29, 0.717) is 0 Å². The quantitative estimate of drug-likeness (QED) is 0.512. The van der Waals surface area contributed by atoms with Gasteiger partial charge in [0.2, 0.25) is 11.8 Å². The van der Waals surface area contributed by atoms with E-state index in [4.69, 9.17) is 4.74 Å². The fourth-order valence-electron chi connectivity index (χ4n) is 2.87. The summed E-state index contributed by atoms with van der Waals surface area (Å²) in [7, 11) is 2.56. The number of phenols is 1. The van der Waals surface area contributed by atoms with E-state index >= 15 is 0 Å². The van der Waals surface area contributed by atoms with E-state index in [9.17, 15) is 24.3 Å². The Kier molecular flexibility index (Phi) is 9.49. The number of phenolic OH excluding ortho intramolecular Hbond substituents is 1. The van der Waals surface area contributed by atoms with Gasteiger partial charge in [0.25, 0.3) is 0 Å². The maximum absolute atomic E-state index is 13.3. The summed E-state index contributed by atoms with van der Waals surface area (Å²) in [5.74, 6) is -2.48. The van der Waals surface area contributed by atoms with Crippen molar-refractivity contribution in [1.29, 1.82) is 0 Å². The largest absolute Gasteiger partial charge is 0.508 e. The number of carbonyl (C=O) groups is 4. The monoisotopic (exact) mass is 451 g/mol. The summed E-state index contributed by atoms with van der Waals surface area (Å²) in [4.78, 5) is 51.1. The molecule has 0 saturated carbocycles. The number of esters is 1. The molecule has 32 heavy (non-hydrogen) atoms. The fourth-order valence-corrected chi connectivity index (χ4v) is 2.87. The summed E-state index contributed by atoms with van der Waals surface area (Å²) in [6.45, 7) is 8.16. The van der Waals surface area contributed by atoms with E-state index in [-0.39, 0.29) is 17.2 Å². The lowest BCUT2D eigenvalue weighted by molar-refractivity contribution is -0.144. The summed E-state index contributed by atoms with van der Waals surface area (Å²) >= 11 is 0. The SMILES string of the molecule is COC(=O)CNC(=O)C(c1ccccc1O)N(C)C(=O)C(NC(=O)OC(C)(C)C)C(C)C. The number of carbonyl (C=O) groups excluding carboxylic acids is 4. The first-order valence-electron chi connectivity index (χ1n) is 10.2. The zero-order valence-electron chi connectivity index (χ0n) is 19.6. The van der Waals surface area contributed by atoms with Crippen molar-refractivity contribution in [1.82, 2.24) is 15.5 Å². The number of alkyl carbamates (subject to hydrolysis) is 1. The van der Waals surface area contributed by atoms with E-state index < -0.39 is 48.1 Å². The number of nitrogens with one attached hydrogen (secondary N) is 2. The zero-order chi connectivity index (χ0) is 24.6. The molecule has 2 atom stereocenters. The summed E-state index contributed by atoms with van der Waals surface area (Å²) in [6, 6.07) is 3.78. The van der Waals surface area contributed by atoms with Crippen LogP contribution in [0.25, 0.3) is 0 Å². The van der Waals surface area contributed by atoms with Crippen LogP contribution in [0.15, 0.2) is 24.3 Å². The van der Waals surface area contributed by atoms with Gasteiger partial charge < -0.3 is 30.1 Å². The summed E-state index contributed by atoms with van der Waals surface area (Å²) in [5, 5.41) is 15.3. The molecule has 0 heterocycles. The van der Waals surface area contributed by atoms with Crippen molar-refractivity contribution in [2.75, 3.05) is 20.7 Å². The van der Waals surface area contributed by atoms with Crippen LogP contribution in [-0.4, -0.2) is 66.2 Å². The van der Waals surface area contributed by atoms with Crippen molar-refractivity contribution >= 4 is 23.9 Å². The number of rotatable bonds is 8. The highest BCUT2D eigenvalue weighted by Gasteiger charge is 2.36. The molecule has 0 fully saturated rings. The molecular weight excluding hydrogens is 418 g/mol. The summed E-state index contributed by atoms with van der Waals surface area (Å²) in [5.41, 5.74) is -0.599. The predicted molar refractivity (Wildman–Crippen MR) is 117 cm³/mol. The van der Waals surface area contributed by atoms with Crippen LogP contribution in [0.1, 0.15) is 46.2 Å². The maximum Gasteiger partial charge on any atom is 0.408 e. The van der Waals surface area contributed by atoms with Gasteiger partial charge in [-0.3, -0.25) is 14.4 Å². The number of likely N-dealkylation sites (N-methyl/N-ethyl adjacent to an activating group) is 1. The zero-order valence-corrected chi connectivity index (χ0v) is 19.6. The van der Waals surface area contributed by atoms with Crippen molar-refractivity contribution in [2.45, 2.75) is 52.3 Å². The molecule has 1 rings (SSSR count). The summed E-state index contributed by atoms with van der Waals surface area (Å²) in [6.07, 6.45) is -0.771. The summed E-state index contributed by atoms with van der Waals surface area (Å²) < 4.78 is 9.77. The van der Waals surface area contributed by atoms with Crippen molar-refractivity contribution in [3.8, 4) is 5.75 Å². The second-order valence-electron chi connectivity index (χ2n) is 8.57. The highest BCUT2D eigenvalue weighted by atomic mass is 16.6. The minimum Gasteiger partial charge on any atom is -0.508 e. The second kappa shape index (κ2) is 11.4. The van der Waals surface area contributed by atoms with Gasteiger partial charge in [-0.1, -0.05) is 32.0 Å². The molecule has 178 valence electrons. The highest BCUT2D eigenvalue weighted by molar-refractivity contribution is 5.93. The number of hydrogen-bond donors (Lipinski definition) is 3. The van der Waals surface area contributed by atoms with Crippen molar-refractivity contribution < 1.29 is 33.8 Å². The molecule has 2 unspecified atom stereocenters. The van der Waals surface area contributed by atoms with Gasteiger partial charge in [0.1, 0.15) is 30.0 Å². The number of nitrogens with zero attached hydrogens (tertiary/aromatic N) is 1. The minimum absolute atomic E-state index is 0.158. The maximum atomic E-state index is 13.3. The number of methoxy groups -OCH3 is 1. The number of benzene rings is 1. The Balaban J connectivity index is 3.22. The Labute approximate surface area is 188 Å². The molecule has 0 spiro atoms. The van der Waals surface area contributed by atoms with Crippen molar-refractivity contribution in [2.24, 2.45) is 5.92 Å². The van der Waals surface area contributed by atoms with Crippen LogP contribution in [0.2, 0.25) is 0 Å².